The van der Waals surface area contributed by atoms with Gasteiger partial charge in [-0.2, -0.15) is 0 Å². The van der Waals surface area contributed by atoms with Crippen LogP contribution in [0.4, 0.5) is 5.69 Å². The number of phenolic OH excluding ortho intramolecular Hbond substituents is 1. The second-order valence-corrected chi connectivity index (χ2v) is 4.58. The van der Waals surface area contributed by atoms with Crippen LogP contribution in [0.5, 0.6) is 5.75 Å². The Bertz CT molecular complexity index is 279. The van der Waals surface area contributed by atoms with E-state index in [9.17, 15) is 5.11 Å². The van der Waals surface area contributed by atoms with Crippen molar-refractivity contribution < 1.29 is 5.11 Å². The highest BCUT2D eigenvalue weighted by molar-refractivity contribution is 5.53. The number of anilines is 1. The maximum absolute atomic E-state index is 9.57. The van der Waals surface area contributed by atoms with Crippen LogP contribution in [0.1, 0.15) is 26.3 Å². The molecule has 0 aromatic heterocycles. The quantitative estimate of drug-likeness (QED) is 0.651. The van der Waals surface area contributed by atoms with Crippen molar-refractivity contribution in [1.29, 1.82) is 0 Å². The van der Waals surface area contributed by atoms with Crippen molar-refractivity contribution in [1.82, 2.24) is 0 Å². The van der Waals surface area contributed by atoms with Crippen LogP contribution >= 0.6 is 0 Å². The van der Waals surface area contributed by atoms with Gasteiger partial charge in [-0.1, -0.05) is 26.8 Å². The Morgan fingerprint density at radius 1 is 1.31 bits per heavy atom. The second-order valence-electron chi connectivity index (χ2n) is 4.58. The number of nitrogen functional groups attached to an aromatic ring is 1. The van der Waals surface area contributed by atoms with Crippen LogP contribution in [-0.2, 0) is 6.42 Å². The first kappa shape index (κ1) is 9.90. The van der Waals surface area contributed by atoms with Crippen LogP contribution in [0.2, 0.25) is 0 Å². The fourth-order valence-corrected chi connectivity index (χ4v) is 1.31. The topological polar surface area (TPSA) is 46.2 Å². The van der Waals surface area contributed by atoms with Gasteiger partial charge in [-0.25, -0.2) is 0 Å². The summed E-state index contributed by atoms with van der Waals surface area (Å²) in [5, 5.41) is 9.57. The predicted molar refractivity (Wildman–Crippen MR) is 55.7 cm³/mol. The highest BCUT2D eigenvalue weighted by atomic mass is 16.3. The Labute approximate surface area is 79.4 Å². The summed E-state index contributed by atoms with van der Waals surface area (Å²) in [6.07, 6.45) is 0.797. The summed E-state index contributed by atoms with van der Waals surface area (Å²) in [6, 6.07) is 5.26. The average molecular weight is 179 g/mol. The van der Waals surface area contributed by atoms with E-state index in [1.807, 2.05) is 6.07 Å². The van der Waals surface area contributed by atoms with E-state index in [2.05, 4.69) is 20.8 Å². The van der Waals surface area contributed by atoms with Crippen molar-refractivity contribution in [2.75, 3.05) is 5.73 Å². The molecule has 0 unspecified atom stereocenters. The fourth-order valence-electron chi connectivity index (χ4n) is 1.31. The normalized spacial score (nSPS) is 11.6. The Morgan fingerprint density at radius 2 is 1.92 bits per heavy atom. The van der Waals surface area contributed by atoms with Crippen LogP contribution in [-0.4, -0.2) is 5.11 Å². The third kappa shape index (κ3) is 2.65. The van der Waals surface area contributed by atoms with Crippen LogP contribution in [0.25, 0.3) is 0 Å². The molecule has 0 bridgehead atoms. The van der Waals surface area contributed by atoms with E-state index in [1.54, 1.807) is 12.1 Å². The molecule has 0 heterocycles. The molecule has 2 nitrogen and oxygen atoms in total. The van der Waals surface area contributed by atoms with E-state index in [0.29, 0.717) is 11.4 Å². The molecular weight excluding hydrogens is 162 g/mol. The van der Waals surface area contributed by atoms with Gasteiger partial charge >= 0.3 is 0 Å². The molecule has 0 aliphatic heterocycles. The lowest BCUT2D eigenvalue weighted by atomic mass is 9.87. The van der Waals surface area contributed by atoms with E-state index in [4.69, 9.17) is 5.73 Å². The first-order chi connectivity index (χ1) is 5.90. The molecule has 0 aliphatic rings. The Balaban J connectivity index is 3.00. The molecule has 0 fully saturated rings. The minimum atomic E-state index is 0.146. The Hall–Kier alpha value is -1.18. The number of phenols is 1. The third-order valence-corrected chi connectivity index (χ3v) is 1.89. The molecule has 0 radical (unpaired) electrons. The highest BCUT2D eigenvalue weighted by Gasteiger charge is 2.15. The molecule has 0 atom stereocenters. The van der Waals surface area contributed by atoms with Gasteiger partial charge in [0.2, 0.25) is 0 Å². The molecule has 0 amide bonds. The summed E-state index contributed by atoms with van der Waals surface area (Å²) in [5.74, 6) is 0.301. The summed E-state index contributed by atoms with van der Waals surface area (Å²) in [6.45, 7) is 6.37. The lowest BCUT2D eigenvalue weighted by molar-refractivity contribution is 0.395. The number of nitrogens with two attached hydrogens (primary N) is 1. The van der Waals surface area contributed by atoms with E-state index >= 15 is 0 Å². The summed E-state index contributed by atoms with van der Waals surface area (Å²) in [5.41, 5.74) is 7.45. The minimum absolute atomic E-state index is 0.146. The fraction of sp³-hybridized carbons (Fsp3) is 0.455. The van der Waals surface area contributed by atoms with Gasteiger partial charge < -0.3 is 10.8 Å². The van der Waals surface area contributed by atoms with E-state index < -0.39 is 0 Å². The molecule has 0 saturated carbocycles. The maximum atomic E-state index is 9.57. The molecule has 13 heavy (non-hydrogen) atoms. The van der Waals surface area contributed by atoms with E-state index in [0.717, 1.165) is 12.0 Å². The van der Waals surface area contributed by atoms with Crippen molar-refractivity contribution >= 4 is 5.69 Å². The zero-order chi connectivity index (χ0) is 10.1. The highest BCUT2D eigenvalue weighted by Crippen LogP contribution is 2.30. The van der Waals surface area contributed by atoms with Crippen LogP contribution < -0.4 is 5.73 Å². The van der Waals surface area contributed by atoms with Gasteiger partial charge in [-0.15, -0.1) is 0 Å². The van der Waals surface area contributed by atoms with Crippen molar-refractivity contribution in [3.8, 4) is 5.75 Å². The van der Waals surface area contributed by atoms with Gasteiger partial charge in [-0.3, -0.25) is 0 Å². The van der Waals surface area contributed by atoms with Gasteiger partial charge in [0.15, 0.2) is 0 Å². The van der Waals surface area contributed by atoms with Crippen molar-refractivity contribution in [2.24, 2.45) is 5.41 Å². The van der Waals surface area contributed by atoms with Crippen molar-refractivity contribution in [2.45, 2.75) is 27.2 Å². The second kappa shape index (κ2) is 3.29. The SMILES string of the molecule is CC(C)(C)Cc1c(N)cccc1O. The third-order valence-electron chi connectivity index (χ3n) is 1.89. The number of rotatable bonds is 1. The first-order valence-corrected chi connectivity index (χ1v) is 4.46. The minimum Gasteiger partial charge on any atom is -0.508 e. The zero-order valence-corrected chi connectivity index (χ0v) is 8.46. The summed E-state index contributed by atoms with van der Waals surface area (Å²) in [7, 11) is 0. The number of aromatic hydroxyl groups is 1. The maximum Gasteiger partial charge on any atom is 0.120 e. The molecule has 72 valence electrons. The molecule has 1 aromatic rings. The molecule has 0 spiro atoms. The van der Waals surface area contributed by atoms with Crippen LogP contribution in [0.15, 0.2) is 18.2 Å². The molecule has 0 saturated heterocycles. The van der Waals surface area contributed by atoms with E-state index in [-0.39, 0.29) is 5.41 Å². The standard InChI is InChI=1S/C11H17NO/c1-11(2,3)7-8-9(12)5-4-6-10(8)13/h4-6,13H,7,12H2,1-3H3. The molecule has 2 heteroatoms. The van der Waals surface area contributed by atoms with Gasteiger partial charge in [0.25, 0.3) is 0 Å². The first-order valence-electron chi connectivity index (χ1n) is 4.46. The smallest absolute Gasteiger partial charge is 0.120 e. The summed E-state index contributed by atoms with van der Waals surface area (Å²) < 4.78 is 0. The van der Waals surface area contributed by atoms with Crippen LogP contribution in [0, 0.1) is 5.41 Å². The lowest BCUT2D eigenvalue weighted by Gasteiger charge is -2.19. The van der Waals surface area contributed by atoms with Crippen molar-refractivity contribution in [3.63, 3.8) is 0 Å². The Kier molecular flexibility index (Phi) is 2.50. The average Bonchev–Trinajstić information content (AvgIpc) is 1.95. The Morgan fingerprint density at radius 3 is 2.38 bits per heavy atom. The van der Waals surface area contributed by atoms with Gasteiger partial charge in [-0.05, 0) is 24.0 Å². The zero-order valence-electron chi connectivity index (χ0n) is 8.46. The van der Waals surface area contributed by atoms with Crippen LogP contribution in [0.3, 0.4) is 0 Å². The van der Waals surface area contributed by atoms with Crippen molar-refractivity contribution in [3.05, 3.63) is 23.8 Å². The monoisotopic (exact) mass is 179 g/mol. The largest absolute Gasteiger partial charge is 0.508 e. The molecule has 1 aromatic carbocycles. The van der Waals surface area contributed by atoms with E-state index in [1.165, 1.54) is 0 Å². The lowest BCUT2D eigenvalue weighted by Crippen LogP contribution is -2.10. The summed E-state index contributed by atoms with van der Waals surface area (Å²) in [4.78, 5) is 0. The molecule has 3 N–H and O–H groups in total. The van der Waals surface area contributed by atoms with Gasteiger partial charge in [0.1, 0.15) is 5.75 Å². The number of benzene rings is 1. The molecule has 1 rings (SSSR count). The van der Waals surface area contributed by atoms with Gasteiger partial charge in [0.05, 0.1) is 0 Å². The number of hydrogen-bond acceptors (Lipinski definition) is 2. The number of hydrogen-bond donors (Lipinski definition) is 2. The summed E-state index contributed by atoms with van der Waals surface area (Å²) >= 11 is 0. The van der Waals surface area contributed by atoms with Gasteiger partial charge in [0, 0.05) is 11.3 Å². The molecular formula is C11H17NO. The predicted octanol–water partition coefficient (Wildman–Crippen LogP) is 2.56. The molecule has 0 aliphatic carbocycles.